The van der Waals surface area contributed by atoms with Crippen molar-refractivity contribution in [2.45, 2.75) is 57.8 Å². The van der Waals surface area contributed by atoms with Crippen LogP contribution in [-0.4, -0.2) is 47.1 Å². The molecule has 0 aliphatic carbocycles. The summed E-state index contributed by atoms with van der Waals surface area (Å²) in [6, 6.07) is 7.73. The Morgan fingerprint density at radius 2 is 2.03 bits per heavy atom. The van der Waals surface area contributed by atoms with Crippen LogP contribution in [0.15, 0.2) is 52.1 Å². The molecule has 1 saturated heterocycles. The molecule has 1 aromatic carbocycles. The van der Waals surface area contributed by atoms with E-state index in [1.807, 2.05) is 31.2 Å². The van der Waals surface area contributed by atoms with Crippen LogP contribution in [0.2, 0.25) is 0 Å². The maximum absolute atomic E-state index is 13.8. The predicted molar refractivity (Wildman–Crippen MR) is 148 cm³/mol. The molecule has 39 heavy (non-hydrogen) atoms. The second-order valence-electron chi connectivity index (χ2n) is 10.2. The number of oxazole rings is 1. The van der Waals surface area contributed by atoms with Crippen LogP contribution in [0.1, 0.15) is 49.5 Å². The molecule has 1 aliphatic rings. The van der Waals surface area contributed by atoms with E-state index in [9.17, 15) is 14.7 Å². The third-order valence-electron chi connectivity index (χ3n) is 7.32. The maximum atomic E-state index is 13.8. The molecule has 1 N–H and O–H groups in total. The van der Waals surface area contributed by atoms with E-state index in [1.54, 1.807) is 19.5 Å². The first-order valence-electron chi connectivity index (χ1n) is 12.9. The minimum absolute atomic E-state index is 0.00142. The van der Waals surface area contributed by atoms with Crippen molar-refractivity contribution in [3.8, 4) is 16.5 Å². The fourth-order valence-electron chi connectivity index (χ4n) is 5.00. The smallest absolute Gasteiger partial charge is 0.329 e. The molecule has 0 saturated carbocycles. The Balaban J connectivity index is 1.70. The number of rotatable bonds is 9. The Morgan fingerprint density at radius 1 is 1.28 bits per heavy atom. The molecule has 5 rings (SSSR count). The quantitative estimate of drug-likeness (QED) is 0.296. The predicted octanol–water partition coefficient (Wildman–Crippen LogP) is 5.33. The zero-order valence-corrected chi connectivity index (χ0v) is 23.2. The van der Waals surface area contributed by atoms with Crippen molar-refractivity contribution in [3.05, 3.63) is 70.0 Å². The number of aryl methyl sites for hydroxylation is 1. The van der Waals surface area contributed by atoms with Gasteiger partial charge in [-0.15, -0.1) is 11.3 Å². The molecule has 1 fully saturated rings. The van der Waals surface area contributed by atoms with Crippen molar-refractivity contribution in [1.82, 2.24) is 9.55 Å². The van der Waals surface area contributed by atoms with E-state index in [0.717, 1.165) is 33.5 Å². The number of hydrogen-bond acceptors (Lipinski definition) is 8. The van der Waals surface area contributed by atoms with E-state index in [4.69, 9.17) is 18.6 Å². The Kier molecular flexibility index (Phi) is 7.61. The fourth-order valence-corrected chi connectivity index (χ4v) is 6.26. The van der Waals surface area contributed by atoms with Gasteiger partial charge in [-0.05, 0) is 50.8 Å². The van der Waals surface area contributed by atoms with Crippen LogP contribution in [-0.2, 0) is 26.2 Å². The first-order valence-corrected chi connectivity index (χ1v) is 13.7. The van der Waals surface area contributed by atoms with E-state index in [1.165, 1.54) is 36.0 Å². The second kappa shape index (κ2) is 11.0. The van der Waals surface area contributed by atoms with Crippen LogP contribution in [0.4, 0.5) is 0 Å². The van der Waals surface area contributed by atoms with Gasteiger partial charge in [0.2, 0.25) is 5.89 Å². The molecule has 4 aromatic rings. The zero-order valence-electron chi connectivity index (χ0n) is 22.4. The van der Waals surface area contributed by atoms with Gasteiger partial charge >= 0.3 is 5.97 Å². The van der Waals surface area contributed by atoms with Gasteiger partial charge in [0.25, 0.3) is 5.56 Å². The van der Waals surface area contributed by atoms with Gasteiger partial charge in [0.15, 0.2) is 0 Å². The minimum atomic E-state index is -1.47. The van der Waals surface area contributed by atoms with E-state index >= 15 is 0 Å². The molecule has 4 heterocycles. The lowest BCUT2D eigenvalue weighted by atomic mass is 9.98. The van der Waals surface area contributed by atoms with E-state index in [-0.39, 0.29) is 11.7 Å². The molecule has 3 aromatic heterocycles. The molecule has 0 bridgehead atoms. The molecule has 10 heteroatoms. The normalized spacial score (nSPS) is 15.5. The molecule has 1 aliphatic heterocycles. The number of methoxy groups -OCH3 is 1. The van der Waals surface area contributed by atoms with E-state index in [0.29, 0.717) is 42.2 Å². The Bertz CT molecular complexity index is 1530. The van der Waals surface area contributed by atoms with Crippen molar-refractivity contribution < 1.29 is 28.5 Å². The summed E-state index contributed by atoms with van der Waals surface area (Å²) in [6.45, 7) is 6.17. The zero-order chi connectivity index (χ0) is 27.7. The average molecular weight is 553 g/mol. The SMILES string of the molecule is COc1ccccc1[C@H](Cc1cn(C(C)(C)C(=O)O)c(=O)c2c(C)c(-c3ncco3)sc12)OC1CCOCC1. The monoisotopic (exact) mass is 552 g/mol. The Hall–Kier alpha value is -3.47. The molecule has 9 nitrogen and oxygen atoms in total. The van der Waals surface area contributed by atoms with Crippen molar-refractivity contribution in [2.75, 3.05) is 20.3 Å². The van der Waals surface area contributed by atoms with Crippen LogP contribution in [0.5, 0.6) is 5.75 Å². The van der Waals surface area contributed by atoms with Gasteiger partial charge in [-0.2, -0.15) is 0 Å². The van der Waals surface area contributed by atoms with Crippen LogP contribution in [0.25, 0.3) is 20.9 Å². The summed E-state index contributed by atoms with van der Waals surface area (Å²) < 4.78 is 25.6. The lowest BCUT2D eigenvalue weighted by Crippen LogP contribution is -2.42. The van der Waals surface area contributed by atoms with Crippen LogP contribution in [0, 0.1) is 6.92 Å². The fraction of sp³-hybridized carbons (Fsp3) is 0.414. The highest BCUT2D eigenvalue weighted by Crippen LogP contribution is 2.41. The summed E-state index contributed by atoms with van der Waals surface area (Å²) in [6.07, 6.45) is 6.27. The molecule has 0 amide bonds. The lowest BCUT2D eigenvalue weighted by Gasteiger charge is -2.30. The molecule has 0 radical (unpaired) electrons. The van der Waals surface area contributed by atoms with Crippen molar-refractivity contribution >= 4 is 27.4 Å². The van der Waals surface area contributed by atoms with Crippen LogP contribution in [0.3, 0.4) is 0 Å². The number of fused-ring (bicyclic) bond motifs is 1. The van der Waals surface area contributed by atoms with E-state index in [2.05, 4.69) is 4.98 Å². The highest BCUT2D eigenvalue weighted by Gasteiger charge is 2.34. The van der Waals surface area contributed by atoms with E-state index < -0.39 is 17.6 Å². The number of carbonyl (C=O) groups is 1. The van der Waals surface area contributed by atoms with Crippen LogP contribution >= 0.6 is 11.3 Å². The van der Waals surface area contributed by atoms with Gasteiger partial charge in [0.05, 0.1) is 35.8 Å². The van der Waals surface area contributed by atoms with Gasteiger partial charge in [0.1, 0.15) is 17.6 Å². The third-order valence-corrected chi connectivity index (χ3v) is 8.68. The summed E-state index contributed by atoms with van der Waals surface area (Å²) in [5, 5.41) is 10.5. The summed E-state index contributed by atoms with van der Waals surface area (Å²) in [7, 11) is 1.63. The molecule has 0 spiro atoms. The number of carboxylic acids is 1. The first-order chi connectivity index (χ1) is 18.7. The highest BCUT2D eigenvalue weighted by molar-refractivity contribution is 7.22. The summed E-state index contributed by atoms with van der Waals surface area (Å²) in [5.41, 5.74) is 0.549. The average Bonchev–Trinajstić information content (AvgIpc) is 3.58. The van der Waals surface area contributed by atoms with Crippen LogP contribution < -0.4 is 10.3 Å². The number of carboxylic acid groups (broad SMARTS) is 1. The van der Waals surface area contributed by atoms with Crippen molar-refractivity contribution in [2.24, 2.45) is 0 Å². The van der Waals surface area contributed by atoms with Gasteiger partial charge in [-0.1, -0.05) is 18.2 Å². The van der Waals surface area contributed by atoms with Gasteiger partial charge in [-0.25, -0.2) is 9.78 Å². The number of thiophene rings is 1. The second-order valence-corrected chi connectivity index (χ2v) is 11.2. The minimum Gasteiger partial charge on any atom is -0.496 e. The van der Waals surface area contributed by atoms with Gasteiger partial charge in [-0.3, -0.25) is 9.36 Å². The Morgan fingerprint density at radius 3 is 2.69 bits per heavy atom. The molecule has 0 unspecified atom stereocenters. The largest absolute Gasteiger partial charge is 0.496 e. The number of aromatic nitrogens is 2. The first kappa shape index (κ1) is 27.1. The number of benzene rings is 1. The molecular formula is C29H32N2O7S. The van der Waals surface area contributed by atoms with Gasteiger partial charge < -0.3 is 23.7 Å². The Labute approximate surface area is 230 Å². The number of ether oxygens (including phenoxy) is 3. The number of nitrogens with zero attached hydrogens (tertiary/aromatic N) is 2. The number of para-hydroxylation sites is 1. The molecular weight excluding hydrogens is 520 g/mol. The lowest BCUT2D eigenvalue weighted by molar-refractivity contribution is -0.145. The van der Waals surface area contributed by atoms with Crippen molar-refractivity contribution in [1.29, 1.82) is 0 Å². The topological polar surface area (TPSA) is 113 Å². The molecule has 206 valence electrons. The number of aliphatic carboxylic acids is 1. The van der Waals surface area contributed by atoms with Gasteiger partial charge in [0, 0.05) is 36.1 Å². The van der Waals surface area contributed by atoms with Crippen molar-refractivity contribution in [3.63, 3.8) is 0 Å². The number of hydrogen-bond donors (Lipinski definition) is 1. The summed E-state index contributed by atoms with van der Waals surface area (Å²) in [5.74, 6) is 0.0195. The third kappa shape index (κ3) is 5.11. The summed E-state index contributed by atoms with van der Waals surface area (Å²) in [4.78, 5) is 31.1. The summed E-state index contributed by atoms with van der Waals surface area (Å²) >= 11 is 1.42. The maximum Gasteiger partial charge on any atom is 0.329 e. The highest BCUT2D eigenvalue weighted by atomic mass is 32.1. The number of pyridine rings is 1. The molecule has 1 atom stereocenters. The standard InChI is InChI=1S/C29H32N2O7S/c1-17-23-25(39-24(17)26-30-11-14-37-26)18(16-31(27(23)32)29(2,3)28(33)34)15-22(38-19-9-12-36-13-10-19)20-7-5-6-8-21(20)35-4/h5-8,11,14,16,19,22H,9-10,12-13,15H2,1-4H3,(H,33,34)/t22-/m0/s1.